The number of nitrogens with one attached hydrogen (secondary N) is 1. The summed E-state index contributed by atoms with van der Waals surface area (Å²) in [5.74, 6) is -0.131. The van der Waals surface area contributed by atoms with E-state index in [1.807, 2.05) is 19.1 Å². The molecule has 116 valence electrons. The van der Waals surface area contributed by atoms with Crippen molar-refractivity contribution in [1.82, 2.24) is 9.78 Å². The second-order valence-electron chi connectivity index (χ2n) is 5.84. The van der Waals surface area contributed by atoms with E-state index in [1.54, 1.807) is 17.8 Å². The van der Waals surface area contributed by atoms with Crippen LogP contribution in [-0.4, -0.2) is 28.8 Å². The van der Waals surface area contributed by atoms with Crippen LogP contribution < -0.4 is 10.2 Å². The highest BCUT2D eigenvalue weighted by Gasteiger charge is 2.13. The summed E-state index contributed by atoms with van der Waals surface area (Å²) in [7, 11) is 1.78. The van der Waals surface area contributed by atoms with E-state index in [0.29, 0.717) is 5.69 Å². The second kappa shape index (κ2) is 6.22. The van der Waals surface area contributed by atoms with Gasteiger partial charge in [-0.2, -0.15) is 5.10 Å². The van der Waals surface area contributed by atoms with Crippen molar-refractivity contribution in [1.29, 1.82) is 0 Å². The quantitative estimate of drug-likeness (QED) is 0.947. The van der Waals surface area contributed by atoms with Gasteiger partial charge >= 0.3 is 0 Å². The van der Waals surface area contributed by atoms with Gasteiger partial charge in [-0.05, 0) is 56.5 Å². The van der Waals surface area contributed by atoms with E-state index in [9.17, 15) is 4.79 Å². The fourth-order valence-corrected chi connectivity index (χ4v) is 2.93. The molecule has 1 fully saturated rings. The second-order valence-corrected chi connectivity index (χ2v) is 5.84. The van der Waals surface area contributed by atoms with Gasteiger partial charge in [0.05, 0.1) is 5.69 Å². The first-order chi connectivity index (χ1) is 10.6. The summed E-state index contributed by atoms with van der Waals surface area (Å²) in [5, 5.41) is 7.12. The number of benzene rings is 1. The number of rotatable bonds is 3. The maximum atomic E-state index is 12.3. The van der Waals surface area contributed by atoms with E-state index in [4.69, 9.17) is 0 Å². The van der Waals surface area contributed by atoms with Crippen LogP contribution in [-0.2, 0) is 7.05 Å². The lowest BCUT2D eigenvalue weighted by atomic mass is 10.1. The van der Waals surface area contributed by atoms with Crippen molar-refractivity contribution in [3.05, 3.63) is 41.7 Å². The Hall–Kier alpha value is -2.30. The molecule has 1 aliphatic rings. The van der Waals surface area contributed by atoms with E-state index in [-0.39, 0.29) is 5.91 Å². The maximum absolute atomic E-state index is 12.3. The minimum Gasteiger partial charge on any atom is -0.372 e. The number of nitrogens with zero attached hydrogens (tertiary/aromatic N) is 3. The highest BCUT2D eigenvalue weighted by molar-refractivity contribution is 6.03. The van der Waals surface area contributed by atoms with Crippen LogP contribution in [0.15, 0.2) is 30.3 Å². The highest BCUT2D eigenvalue weighted by atomic mass is 16.2. The predicted molar refractivity (Wildman–Crippen MR) is 88.4 cm³/mol. The first-order valence-corrected chi connectivity index (χ1v) is 7.80. The normalized spacial score (nSPS) is 14.9. The lowest BCUT2D eigenvalue weighted by Gasteiger charge is -2.28. The number of piperidine rings is 1. The molecule has 22 heavy (non-hydrogen) atoms. The zero-order valence-corrected chi connectivity index (χ0v) is 13.2. The third kappa shape index (κ3) is 3.13. The van der Waals surface area contributed by atoms with Gasteiger partial charge in [0.1, 0.15) is 5.69 Å². The average Bonchev–Trinajstić information content (AvgIpc) is 2.88. The fraction of sp³-hybridized carbons (Fsp3) is 0.412. The Morgan fingerprint density at radius 1 is 1.14 bits per heavy atom. The molecule has 5 heteroatoms. The molecule has 1 N–H and O–H groups in total. The van der Waals surface area contributed by atoms with Gasteiger partial charge < -0.3 is 10.2 Å². The molecular formula is C17H22N4O. The Labute approximate surface area is 130 Å². The molecule has 0 bridgehead atoms. The molecular weight excluding hydrogens is 276 g/mol. The summed E-state index contributed by atoms with van der Waals surface area (Å²) >= 11 is 0. The number of aryl methyl sites for hydroxylation is 2. The van der Waals surface area contributed by atoms with Crippen molar-refractivity contribution in [2.45, 2.75) is 26.2 Å². The first kappa shape index (κ1) is 14.6. The molecule has 1 saturated heterocycles. The fourth-order valence-electron chi connectivity index (χ4n) is 2.93. The lowest BCUT2D eigenvalue weighted by Crippen LogP contribution is -2.29. The van der Waals surface area contributed by atoms with Crippen molar-refractivity contribution >= 4 is 17.3 Å². The molecule has 0 radical (unpaired) electrons. The molecule has 1 amide bonds. The van der Waals surface area contributed by atoms with E-state index < -0.39 is 0 Å². The Bertz CT molecular complexity index is 654. The smallest absolute Gasteiger partial charge is 0.273 e. The molecule has 5 nitrogen and oxygen atoms in total. The van der Waals surface area contributed by atoms with Crippen LogP contribution >= 0.6 is 0 Å². The summed E-state index contributed by atoms with van der Waals surface area (Å²) in [4.78, 5) is 14.7. The van der Waals surface area contributed by atoms with Crippen molar-refractivity contribution < 1.29 is 4.79 Å². The van der Waals surface area contributed by atoms with Crippen LogP contribution in [0.25, 0.3) is 0 Å². The van der Waals surface area contributed by atoms with E-state index >= 15 is 0 Å². The molecule has 1 aromatic heterocycles. The largest absolute Gasteiger partial charge is 0.372 e. The Kier molecular flexibility index (Phi) is 4.13. The zero-order valence-electron chi connectivity index (χ0n) is 13.2. The van der Waals surface area contributed by atoms with Crippen LogP contribution in [0.3, 0.4) is 0 Å². The number of amides is 1. The molecule has 0 aliphatic carbocycles. The van der Waals surface area contributed by atoms with Crippen LogP contribution in [0, 0.1) is 6.92 Å². The summed E-state index contributed by atoms with van der Waals surface area (Å²) in [6.45, 7) is 4.13. The van der Waals surface area contributed by atoms with E-state index in [2.05, 4.69) is 27.4 Å². The van der Waals surface area contributed by atoms with Crippen molar-refractivity contribution in [2.24, 2.45) is 7.05 Å². The van der Waals surface area contributed by atoms with Crippen molar-refractivity contribution in [3.8, 4) is 0 Å². The third-order valence-corrected chi connectivity index (χ3v) is 4.08. The van der Waals surface area contributed by atoms with Crippen molar-refractivity contribution in [3.63, 3.8) is 0 Å². The van der Waals surface area contributed by atoms with Gasteiger partial charge in [-0.15, -0.1) is 0 Å². The number of anilines is 2. The number of carbonyl (C=O) groups is 1. The summed E-state index contributed by atoms with van der Waals surface area (Å²) in [6.07, 6.45) is 3.85. The minimum atomic E-state index is -0.131. The highest BCUT2D eigenvalue weighted by Crippen LogP contribution is 2.22. The molecule has 0 spiro atoms. The van der Waals surface area contributed by atoms with Crippen LogP contribution in [0.2, 0.25) is 0 Å². The van der Waals surface area contributed by atoms with E-state index in [1.165, 1.54) is 24.9 Å². The number of aromatic nitrogens is 2. The topological polar surface area (TPSA) is 50.2 Å². The standard InChI is InChI=1S/C17H22N4O/c1-13-12-16(20(2)19-13)17(22)18-14-6-8-15(9-7-14)21-10-4-3-5-11-21/h6-9,12H,3-5,10-11H2,1-2H3,(H,18,22). The Morgan fingerprint density at radius 2 is 1.82 bits per heavy atom. The third-order valence-electron chi connectivity index (χ3n) is 4.08. The minimum absolute atomic E-state index is 0.131. The number of carbonyl (C=O) groups excluding carboxylic acids is 1. The summed E-state index contributed by atoms with van der Waals surface area (Å²) in [6, 6.07) is 9.87. The first-order valence-electron chi connectivity index (χ1n) is 7.80. The van der Waals surface area contributed by atoms with E-state index in [0.717, 1.165) is 24.5 Å². The van der Waals surface area contributed by atoms with Crippen LogP contribution in [0.5, 0.6) is 0 Å². The van der Waals surface area contributed by atoms with Gasteiger partial charge in [0, 0.05) is 31.5 Å². The monoisotopic (exact) mass is 298 g/mol. The Morgan fingerprint density at radius 3 is 2.41 bits per heavy atom. The summed E-state index contributed by atoms with van der Waals surface area (Å²) < 4.78 is 1.60. The van der Waals surface area contributed by atoms with Crippen LogP contribution in [0.1, 0.15) is 35.4 Å². The lowest BCUT2D eigenvalue weighted by molar-refractivity contribution is 0.101. The molecule has 0 unspecified atom stereocenters. The predicted octanol–water partition coefficient (Wildman–Crippen LogP) is 2.97. The molecule has 1 aliphatic heterocycles. The van der Waals surface area contributed by atoms with Gasteiger partial charge in [0.2, 0.25) is 0 Å². The molecule has 0 saturated carbocycles. The molecule has 0 atom stereocenters. The van der Waals surface area contributed by atoms with Gasteiger partial charge in [-0.3, -0.25) is 9.48 Å². The zero-order chi connectivity index (χ0) is 15.5. The molecule has 3 rings (SSSR count). The molecule has 2 heterocycles. The molecule has 2 aromatic rings. The molecule has 1 aromatic carbocycles. The van der Waals surface area contributed by atoms with Crippen LogP contribution in [0.4, 0.5) is 11.4 Å². The summed E-state index contributed by atoms with van der Waals surface area (Å²) in [5.41, 5.74) is 3.45. The maximum Gasteiger partial charge on any atom is 0.273 e. The SMILES string of the molecule is Cc1cc(C(=O)Nc2ccc(N3CCCCC3)cc2)n(C)n1. The van der Waals surface area contributed by atoms with Gasteiger partial charge in [0.15, 0.2) is 0 Å². The Balaban J connectivity index is 1.68. The van der Waals surface area contributed by atoms with Crippen molar-refractivity contribution in [2.75, 3.05) is 23.3 Å². The van der Waals surface area contributed by atoms with Gasteiger partial charge in [0.25, 0.3) is 5.91 Å². The number of hydrogen-bond acceptors (Lipinski definition) is 3. The van der Waals surface area contributed by atoms with Gasteiger partial charge in [-0.25, -0.2) is 0 Å². The van der Waals surface area contributed by atoms with Gasteiger partial charge in [-0.1, -0.05) is 0 Å². The average molecular weight is 298 g/mol. The number of hydrogen-bond donors (Lipinski definition) is 1.